The van der Waals surface area contributed by atoms with Crippen LogP contribution >= 0.6 is 0 Å². The molecule has 3 rings (SSSR count). The average molecular weight is 255 g/mol. The smallest absolute Gasteiger partial charge is 0.0951 e. The molecule has 0 unspecified atom stereocenters. The summed E-state index contributed by atoms with van der Waals surface area (Å²) < 4.78 is 0. The first-order valence-corrected chi connectivity index (χ1v) is 6.95. The van der Waals surface area contributed by atoms with Crippen LogP contribution < -0.4 is 10.6 Å². The van der Waals surface area contributed by atoms with Gasteiger partial charge < -0.3 is 10.6 Å². The Kier molecular flexibility index (Phi) is 2.85. The summed E-state index contributed by atoms with van der Waals surface area (Å²) in [6.07, 6.45) is 4.36. The van der Waals surface area contributed by atoms with Crippen molar-refractivity contribution in [2.24, 2.45) is 5.41 Å². The predicted octanol–water partition coefficient (Wildman–Crippen LogP) is 3.44. The number of nitrogens with zero attached hydrogens (tertiary/aromatic N) is 2. The highest BCUT2D eigenvalue weighted by atomic mass is 15.1. The van der Waals surface area contributed by atoms with Gasteiger partial charge >= 0.3 is 0 Å². The van der Waals surface area contributed by atoms with E-state index in [2.05, 4.69) is 35.9 Å². The van der Waals surface area contributed by atoms with E-state index in [1.165, 1.54) is 23.9 Å². The highest BCUT2D eigenvalue weighted by Gasteiger charge is 2.27. The molecule has 0 atom stereocenters. The van der Waals surface area contributed by atoms with Gasteiger partial charge in [-0.3, -0.25) is 4.98 Å². The molecular weight excluding hydrogens is 234 g/mol. The first-order chi connectivity index (χ1) is 9.07. The maximum atomic E-state index is 6.03. The number of nitrogens with two attached hydrogens (primary N) is 1. The highest BCUT2D eigenvalue weighted by Crippen LogP contribution is 2.35. The van der Waals surface area contributed by atoms with Crippen LogP contribution in [0.4, 0.5) is 11.4 Å². The molecule has 1 saturated heterocycles. The summed E-state index contributed by atoms with van der Waals surface area (Å²) in [4.78, 5) is 6.90. The summed E-state index contributed by atoms with van der Waals surface area (Å²) in [6.45, 7) is 6.91. The molecule has 0 radical (unpaired) electrons. The molecule has 0 spiro atoms. The van der Waals surface area contributed by atoms with E-state index in [4.69, 9.17) is 5.73 Å². The van der Waals surface area contributed by atoms with Gasteiger partial charge in [0, 0.05) is 30.4 Å². The molecule has 100 valence electrons. The van der Waals surface area contributed by atoms with Crippen LogP contribution in [0.3, 0.4) is 0 Å². The molecule has 19 heavy (non-hydrogen) atoms. The van der Waals surface area contributed by atoms with Crippen LogP contribution in [0.25, 0.3) is 10.9 Å². The normalized spacial score (nSPS) is 18.7. The molecule has 0 aliphatic carbocycles. The van der Waals surface area contributed by atoms with E-state index in [-0.39, 0.29) is 0 Å². The number of fused-ring (bicyclic) bond motifs is 1. The van der Waals surface area contributed by atoms with Crippen molar-refractivity contribution in [3.63, 3.8) is 0 Å². The van der Waals surface area contributed by atoms with Crippen LogP contribution in [-0.4, -0.2) is 18.1 Å². The summed E-state index contributed by atoms with van der Waals surface area (Å²) in [5.41, 5.74) is 9.36. The van der Waals surface area contributed by atoms with Gasteiger partial charge in [-0.15, -0.1) is 0 Å². The zero-order valence-corrected chi connectivity index (χ0v) is 11.7. The van der Waals surface area contributed by atoms with Gasteiger partial charge in [-0.1, -0.05) is 13.8 Å². The minimum Gasteiger partial charge on any atom is -0.397 e. The lowest BCUT2D eigenvalue weighted by Gasteiger charge is -2.40. The van der Waals surface area contributed by atoms with E-state index in [1.54, 1.807) is 0 Å². The minimum absolute atomic E-state index is 0.383. The van der Waals surface area contributed by atoms with Gasteiger partial charge in [-0.05, 0) is 42.5 Å². The first-order valence-electron chi connectivity index (χ1n) is 6.95. The first kappa shape index (κ1) is 12.3. The van der Waals surface area contributed by atoms with Crippen LogP contribution in [0.2, 0.25) is 0 Å². The standard InChI is InChI=1S/C16H21N3/c1-16(2)8-4-10-19(11-16)14-7-6-13(17)15-12(14)5-3-9-18-15/h3,5-7,9H,4,8,10-11,17H2,1-2H3. The monoisotopic (exact) mass is 255 g/mol. The SMILES string of the molecule is CC1(C)CCCN(c2ccc(N)c3ncccc23)C1. The fraction of sp³-hybridized carbons (Fsp3) is 0.438. The third-order valence-corrected chi connectivity index (χ3v) is 4.02. The summed E-state index contributed by atoms with van der Waals surface area (Å²) in [6, 6.07) is 8.23. The van der Waals surface area contributed by atoms with E-state index >= 15 is 0 Å². The van der Waals surface area contributed by atoms with Gasteiger partial charge in [0.2, 0.25) is 0 Å². The zero-order chi connectivity index (χ0) is 13.5. The van der Waals surface area contributed by atoms with Crippen LogP contribution in [0, 0.1) is 5.41 Å². The minimum atomic E-state index is 0.383. The van der Waals surface area contributed by atoms with Crippen molar-refractivity contribution < 1.29 is 0 Å². The molecule has 1 aromatic heterocycles. The Morgan fingerprint density at radius 1 is 1.26 bits per heavy atom. The van der Waals surface area contributed by atoms with Gasteiger partial charge in [0.1, 0.15) is 0 Å². The van der Waals surface area contributed by atoms with Crippen molar-refractivity contribution in [2.45, 2.75) is 26.7 Å². The Balaban J connectivity index is 2.08. The fourth-order valence-electron chi connectivity index (χ4n) is 3.08. The molecule has 1 fully saturated rings. The topological polar surface area (TPSA) is 42.1 Å². The molecule has 3 heteroatoms. The van der Waals surface area contributed by atoms with E-state index in [1.807, 2.05) is 18.3 Å². The molecular formula is C16H21N3. The number of nitrogen functional groups attached to an aromatic ring is 1. The Morgan fingerprint density at radius 2 is 2.11 bits per heavy atom. The number of hydrogen-bond acceptors (Lipinski definition) is 3. The second-order valence-corrected chi connectivity index (χ2v) is 6.26. The molecule has 3 nitrogen and oxygen atoms in total. The highest BCUT2D eigenvalue weighted by molar-refractivity contribution is 5.98. The summed E-state index contributed by atoms with van der Waals surface area (Å²) in [5.74, 6) is 0. The molecule has 0 saturated carbocycles. The third-order valence-electron chi connectivity index (χ3n) is 4.02. The number of anilines is 2. The predicted molar refractivity (Wildman–Crippen MR) is 81.4 cm³/mol. The molecule has 0 bridgehead atoms. The van der Waals surface area contributed by atoms with Gasteiger partial charge in [-0.25, -0.2) is 0 Å². The molecule has 2 aromatic rings. The zero-order valence-electron chi connectivity index (χ0n) is 11.7. The number of piperidine rings is 1. The summed E-state index contributed by atoms with van der Waals surface area (Å²) in [5, 5.41) is 1.17. The molecule has 1 aliphatic rings. The van der Waals surface area contributed by atoms with Gasteiger partial charge in [-0.2, -0.15) is 0 Å². The van der Waals surface area contributed by atoms with Crippen LogP contribution in [0.5, 0.6) is 0 Å². The maximum absolute atomic E-state index is 6.03. The lowest BCUT2D eigenvalue weighted by molar-refractivity contribution is 0.293. The molecule has 1 aliphatic heterocycles. The van der Waals surface area contributed by atoms with E-state index in [0.29, 0.717) is 5.41 Å². The second kappa shape index (κ2) is 4.41. The van der Waals surface area contributed by atoms with E-state index in [0.717, 1.165) is 24.3 Å². The number of rotatable bonds is 1. The van der Waals surface area contributed by atoms with Crippen molar-refractivity contribution in [2.75, 3.05) is 23.7 Å². The summed E-state index contributed by atoms with van der Waals surface area (Å²) >= 11 is 0. The number of pyridine rings is 1. The van der Waals surface area contributed by atoms with E-state index in [9.17, 15) is 0 Å². The fourth-order valence-corrected chi connectivity index (χ4v) is 3.08. The lowest BCUT2D eigenvalue weighted by Crippen LogP contribution is -2.40. The van der Waals surface area contributed by atoms with Crippen molar-refractivity contribution >= 4 is 22.3 Å². The summed E-state index contributed by atoms with van der Waals surface area (Å²) in [7, 11) is 0. The number of benzene rings is 1. The quantitative estimate of drug-likeness (QED) is 0.794. The maximum Gasteiger partial charge on any atom is 0.0951 e. The number of aromatic nitrogens is 1. The van der Waals surface area contributed by atoms with Crippen molar-refractivity contribution in [1.29, 1.82) is 0 Å². The van der Waals surface area contributed by atoms with Crippen LogP contribution in [0.15, 0.2) is 30.5 Å². The van der Waals surface area contributed by atoms with E-state index < -0.39 is 0 Å². The van der Waals surface area contributed by atoms with Crippen molar-refractivity contribution in [1.82, 2.24) is 4.98 Å². The molecule has 2 heterocycles. The lowest BCUT2D eigenvalue weighted by atomic mass is 9.84. The molecule has 1 aromatic carbocycles. The Labute approximate surface area is 114 Å². The average Bonchev–Trinajstić information content (AvgIpc) is 2.38. The van der Waals surface area contributed by atoms with Crippen LogP contribution in [-0.2, 0) is 0 Å². The largest absolute Gasteiger partial charge is 0.397 e. The third kappa shape index (κ3) is 2.25. The Morgan fingerprint density at radius 3 is 2.89 bits per heavy atom. The van der Waals surface area contributed by atoms with Gasteiger partial charge in [0.15, 0.2) is 0 Å². The van der Waals surface area contributed by atoms with Gasteiger partial charge in [0.25, 0.3) is 0 Å². The van der Waals surface area contributed by atoms with Crippen LogP contribution in [0.1, 0.15) is 26.7 Å². The van der Waals surface area contributed by atoms with Gasteiger partial charge in [0.05, 0.1) is 11.2 Å². The second-order valence-electron chi connectivity index (χ2n) is 6.26. The number of hydrogen-bond donors (Lipinski definition) is 1. The Bertz CT molecular complexity index is 604. The van der Waals surface area contributed by atoms with Crippen molar-refractivity contribution in [3.8, 4) is 0 Å². The molecule has 2 N–H and O–H groups in total. The molecule has 0 amide bonds. The Hall–Kier alpha value is -1.77. The van der Waals surface area contributed by atoms with Crippen molar-refractivity contribution in [3.05, 3.63) is 30.5 Å².